The Morgan fingerprint density at radius 2 is 1.95 bits per heavy atom. The van der Waals surface area contributed by atoms with Crippen molar-refractivity contribution < 1.29 is 19.4 Å². The van der Waals surface area contributed by atoms with Crippen LogP contribution in [0.25, 0.3) is 0 Å². The van der Waals surface area contributed by atoms with Crippen molar-refractivity contribution in [1.82, 2.24) is 4.98 Å². The first-order valence-electron chi connectivity index (χ1n) is 5.82. The van der Waals surface area contributed by atoms with E-state index < -0.39 is 12.1 Å². The molecule has 1 aromatic heterocycles. The molecule has 2 rings (SSSR count). The topological polar surface area (TPSA) is 88.5 Å². The van der Waals surface area contributed by atoms with Crippen LogP contribution >= 0.6 is 0 Å². The maximum absolute atomic E-state index is 11.6. The standard InChI is InChI=1S/C14H12N2O4/c17-13(18)11-6-7-15-8-12(11)16-14(19)20-9-10-4-2-1-3-5-10/h1-8H,9H2,(H,16,19)(H,17,18). The number of carboxylic acids is 1. The lowest BCUT2D eigenvalue weighted by Gasteiger charge is -2.08. The molecule has 0 spiro atoms. The zero-order valence-corrected chi connectivity index (χ0v) is 10.4. The van der Waals surface area contributed by atoms with Gasteiger partial charge in [-0.05, 0) is 11.6 Å². The monoisotopic (exact) mass is 272 g/mol. The quantitative estimate of drug-likeness (QED) is 0.892. The highest BCUT2D eigenvalue weighted by Crippen LogP contribution is 2.13. The zero-order valence-electron chi connectivity index (χ0n) is 10.4. The number of aromatic carboxylic acids is 1. The van der Waals surface area contributed by atoms with E-state index >= 15 is 0 Å². The fourth-order valence-electron chi connectivity index (χ4n) is 1.55. The van der Waals surface area contributed by atoms with Gasteiger partial charge in [-0.25, -0.2) is 9.59 Å². The van der Waals surface area contributed by atoms with E-state index in [1.165, 1.54) is 18.5 Å². The van der Waals surface area contributed by atoms with Gasteiger partial charge in [-0.3, -0.25) is 10.3 Å². The molecule has 0 unspecified atom stereocenters. The number of ether oxygens (including phenoxy) is 1. The van der Waals surface area contributed by atoms with E-state index in [0.29, 0.717) is 0 Å². The van der Waals surface area contributed by atoms with E-state index in [1.54, 1.807) is 0 Å². The first kappa shape index (κ1) is 13.5. The molecule has 0 aliphatic carbocycles. The van der Waals surface area contributed by atoms with Gasteiger partial charge < -0.3 is 9.84 Å². The van der Waals surface area contributed by atoms with Gasteiger partial charge in [-0.15, -0.1) is 0 Å². The number of anilines is 1. The fourth-order valence-corrected chi connectivity index (χ4v) is 1.55. The average molecular weight is 272 g/mol. The molecule has 1 heterocycles. The van der Waals surface area contributed by atoms with Crippen molar-refractivity contribution >= 4 is 17.7 Å². The van der Waals surface area contributed by atoms with Crippen LogP contribution < -0.4 is 5.32 Å². The minimum atomic E-state index is -1.15. The van der Waals surface area contributed by atoms with Crippen LogP contribution in [0.2, 0.25) is 0 Å². The molecule has 0 atom stereocenters. The van der Waals surface area contributed by atoms with Crippen molar-refractivity contribution in [2.75, 3.05) is 5.32 Å². The van der Waals surface area contributed by atoms with Crippen LogP contribution in [0.1, 0.15) is 15.9 Å². The Hall–Kier alpha value is -2.89. The van der Waals surface area contributed by atoms with E-state index in [-0.39, 0.29) is 17.9 Å². The van der Waals surface area contributed by atoms with Gasteiger partial charge >= 0.3 is 12.1 Å². The number of carbonyl (C=O) groups is 2. The van der Waals surface area contributed by atoms with E-state index in [0.717, 1.165) is 5.56 Å². The molecule has 0 bridgehead atoms. The van der Waals surface area contributed by atoms with Gasteiger partial charge in [0.25, 0.3) is 0 Å². The van der Waals surface area contributed by atoms with E-state index in [9.17, 15) is 9.59 Å². The molecule has 0 aliphatic rings. The maximum Gasteiger partial charge on any atom is 0.412 e. The number of nitrogens with zero attached hydrogens (tertiary/aromatic N) is 1. The Morgan fingerprint density at radius 3 is 2.65 bits per heavy atom. The van der Waals surface area contributed by atoms with Gasteiger partial charge in [-0.1, -0.05) is 30.3 Å². The summed E-state index contributed by atoms with van der Waals surface area (Å²) in [6.45, 7) is 0.106. The van der Waals surface area contributed by atoms with Crippen LogP contribution in [-0.4, -0.2) is 22.2 Å². The first-order chi connectivity index (χ1) is 9.66. The Bertz CT molecular complexity index is 614. The van der Waals surface area contributed by atoms with Crippen molar-refractivity contribution in [3.05, 3.63) is 59.9 Å². The van der Waals surface area contributed by atoms with Crippen LogP contribution in [0.15, 0.2) is 48.8 Å². The number of hydrogen-bond acceptors (Lipinski definition) is 4. The van der Waals surface area contributed by atoms with Crippen molar-refractivity contribution in [2.45, 2.75) is 6.61 Å². The predicted octanol–water partition coefficient (Wildman–Crippen LogP) is 2.53. The number of carbonyl (C=O) groups excluding carboxylic acids is 1. The van der Waals surface area contributed by atoms with Gasteiger partial charge in [-0.2, -0.15) is 0 Å². The maximum atomic E-state index is 11.6. The van der Waals surface area contributed by atoms with Gasteiger partial charge in [0.2, 0.25) is 0 Å². The number of benzene rings is 1. The van der Waals surface area contributed by atoms with Gasteiger partial charge in [0.05, 0.1) is 17.4 Å². The molecule has 0 saturated heterocycles. The van der Waals surface area contributed by atoms with Crippen molar-refractivity contribution in [3.63, 3.8) is 0 Å². The molecule has 0 radical (unpaired) electrons. The molecule has 102 valence electrons. The van der Waals surface area contributed by atoms with Crippen molar-refractivity contribution in [1.29, 1.82) is 0 Å². The molecule has 6 heteroatoms. The third-order valence-corrected chi connectivity index (χ3v) is 2.50. The summed E-state index contributed by atoms with van der Waals surface area (Å²) < 4.78 is 5.00. The minimum absolute atomic E-state index is 0.0448. The molecule has 0 saturated carbocycles. The molecule has 6 nitrogen and oxygen atoms in total. The minimum Gasteiger partial charge on any atom is -0.478 e. The summed E-state index contributed by atoms with van der Waals surface area (Å²) in [7, 11) is 0. The fraction of sp³-hybridized carbons (Fsp3) is 0.0714. The molecular weight excluding hydrogens is 260 g/mol. The van der Waals surface area contributed by atoms with Crippen LogP contribution in [0.5, 0.6) is 0 Å². The normalized spacial score (nSPS) is 9.80. The van der Waals surface area contributed by atoms with Crippen LogP contribution in [0.3, 0.4) is 0 Å². The Labute approximate surface area is 115 Å². The zero-order chi connectivity index (χ0) is 14.4. The number of rotatable bonds is 4. The molecule has 2 N–H and O–H groups in total. The van der Waals surface area contributed by atoms with Gasteiger partial charge in [0.1, 0.15) is 6.61 Å². The number of nitrogens with one attached hydrogen (secondary N) is 1. The summed E-state index contributed by atoms with van der Waals surface area (Å²) in [5.74, 6) is -1.15. The highest BCUT2D eigenvalue weighted by Gasteiger charge is 2.12. The first-order valence-corrected chi connectivity index (χ1v) is 5.82. The van der Waals surface area contributed by atoms with E-state index in [1.807, 2.05) is 30.3 Å². The van der Waals surface area contributed by atoms with Gasteiger partial charge in [0, 0.05) is 6.20 Å². The second-order valence-corrected chi connectivity index (χ2v) is 3.91. The number of hydrogen-bond donors (Lipinski definition) is 2. The largest absolute Gasteiger partial charge is 0.478 e. The lowest BCUT2D eigenvalue weighted by atomic mass is 10.2. The third-order valence-electron chi connectivity index (χ3n) is 2.50. The summed E-state index contributed by atoms with van der Waals surface area (Å²) >= 11 is 0. The van der Waals surface area contributed by atoms with E-state index in [2.05, 4.69) is 10.3 Å². The predicted molar refractivity (Wildman–Crippen MR) is 71.4 cm³/mol. The Morgan fingerprint density at radius 1 is 1.20 bits per heavy atom. The molecule has 0 aliphatic heterocycles. The highest BCUT2D eigenvalue weighted by atomic mass is 16.5. The lowest BCUT2D eigenvalue weighted by molar-refractivity contribution is 0.0698. The number of amides is 1. The summed E-state index contributed by atoms with van der Waals surface area (Å²) in [5.41, 5.74) is 0.891. The number of pyridine rings is 1. The van der Waals surface area contributed by atoms with Crippen LogP contribution in [0, 0.1) is 0 Å². The molecular formula is C14H12N2O4. The summed E-state index contributed by atoms with van der Waals surface area (Å²) in [4.78, 5) is 26.3. The molecule has 20 heavy (non-hydrogen) atoms. The molecule has 1 amide bonds. The third kappa shape index (κ3) is 3.55. The van der Waals surface area contributed by atoms with Crippen LogP contribution in [-0.2, 0) is 11.3 Å². The lowest BCUT2D eigenvalue weighted by Crippen LogP contribution is -2.16. The second-order valence-electron chi connectivity index (χ2n) is 3.91. The SMILES string of the molecule is O=C(Nc1cnccc1C(=O)O)OCc1ccccc1. The van der Waals surface area contributed by atoms with Crippen molar-refractivity contribution in [2.24, 2.45) is 0 Å². The van der Waals surface area contributed by atoms with Gasteiger partial charge in [0.15, 0.2) is 0 Å². The summed E-state index contributed by atoms with van der Waals surface area (Å²) in [6, 6.07) is 10.5. The number of carboxylic acid groups (broad SMARTS) is 1. The Kier molecular flexibility index (Phi) is 4.28. The van der Waals surface area contributed by atoms with E-state index in [4.69, 9.17) is 9.84 Å². The Balaban J connectivity index is 1.97. The summed E-state index contributed by atoms with van der Waals surface area (Å²) in [6.07, 6.45) is 1.86. The number of aromatic nitrogens is 1. The average Bonchev–Trinajstić information content (AvgIpc) is 2.46. The molecule has 2 aromatic rings. The smallest absolute Gasteiger partial charge is 0.412 e. The van der Waals surface area contributed by atoms with Crippen LogP contribution in [0.4, 0.5) is 10.5 Å². The molecule has 0 fully saturated rings. The summed E-state index contributed by atoms with van der Waals surface area (Å²) in [5, 5.41) is 11.3. The molecule has 1 aromatic carbocycles. The highest BCUT2D eigenvalue weighted by molar-refractivity contribution is 5.98. The second kappa shape index (κ2) is 6.33. The van der Waals surface area contributed by atoms with Crippen molar-refractivity contribution in [3.8, 4) is 0 Å².